The Morgan fingerprint density at radius 2 is 2.23 bits per heavy atom. The van der Waals surface area contributed by atoms with E-state index in [1.807, 2.05) is 0 Å². The average molecular weight is 172 g/mol. The predicted octanol–water partition coefficient (Wildman–Crippen LogP) is 2.75. The maximum absolute atomic E-state index is 4.58. The first kappa shape index (κ1) is 7.13. The van der Waals surface area contributed by atoms with Gasteiger partial charge in [0.15, 0.2) is 0 Å². The fraction of sp³-hybridized carbons (Fsp3) is 0.364. The lowest BCUT2D eigenvalue weighted by Crippen LogP contribution is -1.79. The van der Waals surface area contributed by atoms with Gasteiger partial charge < -0.3 is 4.98 Å². The summed E-state index contributed by atoms with van der Waals surface area (Å²) in [5.41, 5.74) is 3.57. The molecule has 2 heteroatoms. The zero-order valence-electron chi connectivity index (χ0n) is 7.67. The van der Waals surface area contributed by atoms with Crippen molar-refractivity contribution in [2.24, 2.45) is 0 Å². The molecule has 1 heterocycles. The highest BCUT2D eigenvalue weighted by atomic mass is 14.9. The van der Waals surface area contributed by atoms with E-state index < -0.39 is 0 Å². The number of fused-ring (bicyclic) bond motifs is 1. The molecule has 1 aromatic carbocycles. The molecule has 1 fully saturated rings. The van der Waals surface area contributed by atoms with Crippen molar-refractivity contribution in [2.45, 2.75) is 25.7 Å². The third-order valence-electron chi connectivity index (χ3n) is 2.62. The van der Waals surface area contributed by atoms with Crippen molar-refractivity contribution in [3.63, 3.8) is 0 Å². The van der Waals surface area contributed by atoms with Crippen molar-refractivity contribution < 1.29 is 0 Å². The molecule has 0 unspecified atom stereocenters. The lowest BCUT2D eigenvalue weighted by Gasteiger charge is -1.89. The van der Waals surface area contributed by atoms with Crippen LogP contribution in [0.4, 0.5) is 0 Å². The van der Waals surface area contributed by atoms with Crippen LogP contribution in [0.15, 0.2) is 18.2 Å². The normalized spacial score (nSPS) is 16.7. The number of hydrogen-bond acceptors (Lipinski definition) is 1. The van der Waals surface area contributed by atoms with Gasteiger partial charge in [-0.2, -0.15) is 0 Å². The molecule has 1 aliphatic rings. The van der Waals surface area contributed by atoms with Gasteiger partial charge >= 0.3 is 0 Å². The Hall–Kier alpha value is -1.31. The Morgan fingerprint density at radius 1 is 1.38 bits per heavy atom. The van der Waals surface area contributed by atoms with E-state index in [2.05, 4.69) is 35.1 Å². The zero-order chi connectivity index (χ0) is 8.84. The van der Waals surface area contributed by atoms with Crippen molar-refractivity contribution in [3.05, 3.63) is 29.6 Å². The molecule has 0 saturated heterocycles. The molecule has 2 nitrogen and oxygen atoms in total. The van der Waals surface area contributed by atoms with Crippen LogP contribution in [0.3, 0.4) is 0 Å². The topological polar surface area (TPSA) is 28.7 Å². The van der Waals surface area contributed by atoms with Gasteiger partial charge in [0.05, 0.1) is 11.0 Å². The minimum Gasteiger partial charge on any atom is -0.342 e. The Bertz CT molecular complexity index is 452. The summed E-state index contributed by atoms with van der Waals surface area (Å²) in [7, 11) is 0. The second-order valence-corrected chi connectivity index (χ2v) is 3.92. The van der Waals surface area contributed by atoms with E-state index in [0.29, 0.717) is 5.92 Å². The fourth-order valence-corrected chi connectivity index (χ4v) is 1.69. The van der Waals surface area contributed by atoms with Crippen LogP contribution in [0.2, 0.25) is 0 Å². The monoisotopic (exact) mass is 172 g/mol. The van der Waals surface area contributed by atoms with E-state index in [-0.39, 0.29) is 0 Å². The van der Waals surface area contributed by atoms with E-state index in [4.69, 9.17) is 0 Å². The highest BCUT2D eigenvalue weighted by molar-refractivity contribution is 5.75. The summed E-state index contributed by atoms with van der Waals surface area (Å²) in [6.45, 7) is 2.10. The summed E-state index contributed by atoms with van der Waals surface area (Å²) in [6, 6.07) is 6.37. The van der Waals surface area contributed by atoms with Crippen molar-refractivity contribution in [1.29, 1.82) is 0 Å². The van der Waals surface area contributed by atoms with Crippen LogP contribution in [0, 0.1) is 6.92 Å². The standard InChI is InChI=1S/C11H12N2/c1-7-2-5-9-10(6-7)13-11(12-9)8-3-4-8/h2,5-6,8H,3-4H2,1H3,(H,12,13). The molecule has 0 bridgehead atoms. The van der Waals surface area contributed by atoms with Gasteiger partial charge in [0.25, 0.3) is 0 Å². The Labute approximate surface area is 77.0 Å². The van der Waals surface area contributed by atoms with Crippen LogP contribution in [0.25, 0.3) is 11.0 Å². The molecule has 0 amide bonds. The van der Waals surface area contributed by atoms with Crippen LogP contribution in [-0.2, 0) is 0 Å². The van der Waals surface area contributed by atoms with Gasteiger partial charge in [-0.1, -0.05) is 6.07 Å². The number of hydrogen-bond donors (Lipinski definition) is 1. The average Bonchev–Trinajstić information content (AvgIpc) is 2.87. The molecule has 0 aliphatic heterocycles. The van der Waals surface area contributed by atoms with E-state index in [0.717, 1.165) is 5.52 Å². The molecule has 1 N–H and O–H groups in total. The van der Waals surface area contributed by atoms with Crippen molar-refractivity contribution in [1.82, 2.24) is 9.97 Å². The van der Waals surface area contributed by atoms with Gasteiger partial charge in [0.2, 0.25) is 0 Å². The summed E-state index contributed by atoms with van der Waals surface area (Å²) in [6.07, 6.45) is 2.61. The van der Waals surface area contributed by atoms with Crippen LogP contribution in [0.1, 0.15) is 30.1 Å². The minimum atomic E-state index is 0.715. The molecular formula is C11H12N2. The van der Waals surface area contributed by atoms with Crippen molar-refractivity contribution in [2.75, 3.05) is 0 Å². The summed E-state index contributed by atoms with van der Waals surface area (Å²) in [5.74, 6) is 1.90. The van der Waals surface area contributed by atoms with Gasteiger partial charge in [-0.05, 0) is 37.5 Å². The Kier molecular flexibility index (Phi) is 1.29. The molecular weight excluding hydrogens is 160 g/mol. The Morgan fingerprint density at radius 3 is 3.00 bits per heavy atom. The van der Waals surface area contributed by atoms with Gasteiger partial charge in [-0.15, -0.1) is 0 Å². The maximum Gasteiger partial charge on any atom is 0.110 e. The predicted molar refractivity (Wildman–Crippen MR) is 52.8 cm³/mol. The summed E-state index contributed by atoms with van der Waals surface area (Å²) >= 11 is 0. The number of aromatic amines is 1. The van der Waals surface area contributed by atoms with Crippen molar-refractivity contribution >= 4 is 11.0 Å². The molecule has 3 rings (SSSR count). The molecule has 1 saturated carbocycles. The number of benzene rings is 1. The number of imidazole rings is 1. The van der Waals surface area contributed by atoms with Gasteiger partial charge in [0.1, 0.15) is 5.82 Å². The number of nitrogens with one attached hydrogen (secondary N) is 1. The molecule has 66 valence electrons. The zero-order valence-corrected chi connectivity index (χ0v) is 7.67. The smallest absolute Gasteiger partial charge is 0.110 e. The lowest BCUT2D eigenvalue weighted by molar-refractivity contribution is 0.986. The molecule has 2 aromatic rings. The molecule has 0 radical (unpaired) electrons. The van der Waals surface area contributed by atoms with Crippen LogP contribution in [0.5, 0.6) is 0 Å². The van der Waals surface area contributed by atoms with E-state index in [1.165, 1.54) is 29.7 Å². The summed E-state index contributed by atoms with van der Waals surface area (Å²) in [5, 5.41) is 0. The first-order valence-corrected chi connectivity index (χ1v) is 4.79. The molecule has 0 spiro atoms. The minimum absolute atomic E-state index is 0.715. The van der Waals surface area contributed by atoms with E-state index in [9.17, 15) is 0 Å². The number of aromatic nitrogens is 2. The molecule has 13 heavy (non-hydrogen) atoms. The SMILES string of the molecule is Cc1ccc2[nH]c(C3CC3)nc2c1. The van der Waals surface area contributed by atoms with Crippen LogP contribution in [-0.4, -0.2) is 9.97 Å². The molecule has 0 atom stereocenters. The van der Waals surface area contributed by atoms with Gasteiger partial charge in [0, 0.05) is 5.92 Å². The van der Waals surface area contributed by atoms with Gasteiger partial charge in [-0.3, -0.25) is 0 Å². The highest BCUT2D eigenvalue weighted by Gasteiger charge is 2.26. The first-order chi connectivity index (χ1) is 6.33. The number of rotatable bonds is 1. The Balaban J connectivity index is 2.20. The third-order valence-corrected chi connectivity index (χ3v) is 2.62. The second-order valence-electron chi connectivity index (χ2n) is 3.92. The van der Waals surface area contributed by atoms with E-state index in [1.54, 1.807) is 0 Å². The maximum atomic E-state index is 4.58. The quantitative estimate of drug-likeness (QED) is 0.704. The molecule has 1 aromatic heterocycles. The van der Waals surface area contributed by atoms with Gasteiger partial charge in [-0.25, -0.2) is 4.98 Å². The number of aryl methyl sites for hydroxylation is 1. The first-order valence-electron chi connectivity index (χ1n) is 4.79. The van der Waals surface area contributed by atoms with Crippen LogP contribution >= 0.6 is 0 Å². The number of H-pyrrole nitrogens is 1. The fourth-order valence-electron chi connectivity index (χ4n) is 1.69. The van der Waals surface area contributed by atoms with E-state index >= 15 is 0 Å². The molecule has 1 aliphatic carbocycles. The lowest BCUT2D eigenvalue weighted by atomic mass is 10.2. The summed E-state index contributed by atoms with van der Waals surface area (Å²) in [4.78, 5) is 7.95. The third kappa shape index (κ3) is 1.13. The van der Waals surface area contributed by atoms with Crippen LogP contribution < -0.4 is 0 Å². The highest BCUT2D eigenvalue weighted by Crippen LogP contribution is 2.38. The summed E-state index contributed by atoms with van der Waals surface area (Å²) < 4.78 is 0. The van der Waals surface area contributed by atoms with Crippen molar-refractivity contribution in [3.8, 4) is 0 Å². The second kappa shape index (κ2) is 2.34. The largest absolute Gasteiger partial charge is 0.342 e. The number of nitrogens with zero attached hydrogens (tertiary/aromatic N) is 1.